The SMILES string of the molecule is CCc1nc(C2COc3ccccc3O2)nc(Cl)c1C. The highest BCUT2D eigenvalue weighted by molar-refractivity contribution is 6.30. The van der Waals surface area contributed by atoms with Gasteiger partial charge < -0.3 is 9.47 Å². The first-order valence-electron chi connectivity index (χ1n) is 6.60. The Bertz CT molecular complexity index is 646. The minimum atomic E-state index is -0.326. The Hall–Kier alpha value is -1.81. The Balaban J connectivity index is 1.93. The summed E-state index contributed by atoms with van der Waals surface area (Å²) in [5.74, 6) is 2.03. The number of ether oxygens (including phenoxy) is 2. The van der Waals surface area contributed by atoms with E-state index in [4.69, 9.17) is 21.1 Å². The van der Waals surface area contributed by atoms with E-state index in [1.54, 1.807) is 0 Å². The van der Waals surface area contributed by atoms with Crippen LogP contribution >= 0.6 is 11.6 Å². The molecule has 3 rings (SSSR count). The van der Waals surface area contributed by atoms with Crippen molar-refractivity contribution in [3.8, 4) is 11.5 Å². The second kappa shape index (κ2) is 5.29. The lowest BCUT2D eigenvalue weighted by atomic mass is 10.2. The first-order valence-corrected chi connectivity index (χ1v) is 6.98. The highest BCUT2D eigenvalue weighted by Gasteiger charge is 2.25. The van der Waals surface area contributed by atoms with Gasteiger partial charge in [-0.25, -0.2) is 9.97 Å². The van der Waals surface area contributed by atoms with Crippen LogP contribution in [0.2, 0.25) is 5.15 Å². The molecule has 0 fully saturated rings. The largest absolute Gasteiger partial charge is 0.485 e. The van der Waals surface area contributed by atoms with Crippen LogP contribution in [0.15, 0.2) is 24.3 Å². The predicted molar refractivity (Wildman–Crippen MR) is 76.5 cm³/mol. The molecule has 0 radical (unpaired) electrons. The molecule has 1 aliphatic rings. The van der Waals surface area contributed by atoms with Crippen molar-refractivity contribution < 1.29 is 9.47 Å². The molecule has 0 bridgehead atoms. The van der Waals surface area contributed by atoms with E-state index in [9.17, 15) is 0 Å². The number of benzene rings is 1. The van der Waals surface area contributed by atoms with Gasteiger partial charge in [0.15, 0.2) is 23.4 Å². The Morgan fingerprint density at radius 1 is 1.25 bits per heavy atom. The highest BCUT2D eigenvalue weighted by Crippen LogP contribution is 2.35. The minimum Gasteiger partial charge on any atom is -0.485 e. The fourth-order valence-electron chi connectivity index (χ4n) is 2.19. The van der Waals surface area contributed by atoms with Crippen LogP contribution in [0, 0.1) is 6.92 Å². The number of halogens is 1. The standard InChI is InChI=1S/C15H15ClN2O2/c1-3-10-9(2)14(16)18-15(17-10)13-8-19-11-6-4-5-7-12(11)20-13/h4-7,13H,3,8H2,1-2H3. The number of aryl methyl sites for hydroxylation is 1. The molecule has 104 valence electrons. The summed E-state index contributed by atoms with van der Waals surface area (Å²) in [4.78, 5) is 8.87. The molecule has 4 nitrogen and oxygen atoms in total. The zero-order chi connectivity index (χ0) is 14.1. The van der Waals surface area contributed by atoms with E-state index >= 15 is 0 Å². The molecular formula is C15H15ClN2O2. The monoisotopic (exact) mass is 290 g/mol. The van der Waals surface area contributed by atoms with Crippen LogP contribution in [0.25, 0.3) is 0 Å². The summed E-state index contributed by atoms with van der Waals surface area (Å²) >= 11 is 6.17. The summed E-state index contributed by atoms with van der Waals surface area (Å²) in [5.41, 5.74) is 1.87. The zero-order valence-corrected chi connectivity index (χ0v) is 12.1. The Labute approximate surface area is 122 Å². The third-order valence-corrected chi connectivity index (χ3v) is 3.70. The van der Waals surface area contributed by atoms with E-state index in [1.807, 2.05) is 38.1 Å². The Kier molecular flexibility index (Phi) is 3.49. The van der Waals surface area contributed by atoms with Gasteiger partial charge in [0.25, 0.3) is 0 Å². The van der Waals surface area contributed by atoms with E-state index < -0.39 is 0 Å². The van der Waals surface area contributed by atoms with Gasteiger partial charge in [-0.15, -0.1) is 0 Å². The van der Waals surface area contributed by atoms with Gasteiger partial charge in [0.1, 0.15) is 11.8 Å². The minimum absolute atomic E-state index is 0.326. The first kappa shape index (κ1) is 13.2. The molecule has 0 amide bonds. The lowest BCUT2D eigenvalue weighted by Crippen LogP contribution is -2.24. The normalized spacial score (nSPS) is 17.1. The van der Waals surface area contributed by atoms with Crippen LogP contribution in [0.1, 0.15) is 30.1 Å². The van der Waals surface area contributed by atoms with E-state index in [1.165, 1.54) is 0 Å². The molecule has 1 atom stereocenters. The number of hydrogen-bond donors (Lipinski definition) is 0. The lowest BCUT2D eigenvalue weighted by molar-refractivity contribution is 0.0849. The third kappa shape index (κ3) is 2.31. The zero-order valence-electron chi connectivity index (χ0n) is 11.4. The summed E-state index contributed by atoms with van der Waals surface area (Å²) in [6.07, 6.45) is 0.485. The summed E-state index contributed by atoms with van der Waals surface area (Å²) in [6.45, 7) is 4.36. The van der Waals surface area contributed by atoms with Crippen molar-refractivity contribution in [3.05, 3.63) is 46.5 Å². The lowest BCUT2D eigenvalue weighted by Gasteiger charge is -2.25. The number of fused-ring (bicyclic) bond motifs is 1. The summed E-state index contributed by atoms with van der Waals surface area (Å²) in [7, 11) is 0. The molecule has 5 heteroatoms. The average molecular weight is 291 g/mol. The molecule has 1 unspecified atom stereocenters. The summed E-state index contributed by atoms with van der Waals surface area (Å²) in [6, 6.07) is 7.58. The van der Waals surface area contributed by atoms with Crippen molar-refractivity contribution >= 4 is 11.6 Å². The number of aromatic nitrogens is 2. The van der Waals surface area contributed by atoms with Gasteiger partial charge in [-0.2, -0.15) is 0 Å². The van der Waals surface area contributed by atoms with Crippen molar-refractivity contribution in [2.45, 2.75) is 26.4 Å². The topological polar surface area (TPSA) is 44.2 Å². The molecule has 0 aliphatic carbocycles. The van der Waals surface area contributed by atoms with Crippen LogP contribution in [0.5, 0.6) is 11.5 Å². The molecule has 2 heterocycles. The molecule has 2 aromatic rings. The maximum atomic E-state index is 6.17. The fraction of sp³-hybridized carbons (Fsp3) is 0.333. The first-order chi connectivity index (χ1) is 9.69. The molecule has 0 N–H and O–H groups in total. The second-order valence-electron chi connectivity index (χ2n) is 4.66. The van der Waals surface area contributed by atoms with Gasteiger partial charge in [0.05, 0.1) is 0 Å². The van der Waals surface area contributed by atoms with Crippen molar-refractivity contribution in [2.75, 3.05) is 6.61 Å². The van der Waals surface area contributed by atoms with Gasteiger partial charge in [-0.3, -0.25) is 0 Å². The van der Waals surface area contributed by atoms with Crippen LogP contribution in [0.4, 0.5) is 0 Å². The summed E-state index contributed by atoms with van der Waals surface area (Å²) < 4.78 is 11.6. The number of para-hydroxylation sites is 2. The molecule has 1 aromatic carbocycles. The van der Waals surface area contributed by atoms with E-state index in [-0.39, 0.29) is 6.10 Å². The molecule has 20 heavy (non-hydrogen) atoms. The molecular weight excluding hydrogens is 276 g/mol. The second-order valence-corrected chi connectivity index (χ2v) is 5.02. The fourth-order valence-corrected chi connectivity index (χ4v) is 2.38. The molecule has 0 saturated carbocycles. The summed E-state index contributed by atoms with van der Waals surface area (Å²) in [5, 5.41) is 0.481. The Morgan fingerprint density at radius 2 is 2.00 bits per heavy atom. The molecule has 1 aromatic heterocycles. The van der Waals surface area contributed by atoms with Gasteiger partial charge in [-0.05, 0) is 25.5 Å². The van der Waals surface area contributed by atoms with Crippen LogP contribution in [0.3, 0.4) is 0 Å². The Morgan fingerprint density at radius 3 is 2.75 bits per heavy atom. The van der Waals surface area contributed by atoms with E-state index in [0.717, 1.165) is 23.4 Å². The van der Waals surface area contributed by atoms with Gasteiger partial charge in [-0.1, -0.05) is 30.7 Å². The van der Waals surface area contributed by atoms with Gasteiger partial charge >= 0.3 is 0 Å². The van der Waals surface area contributed by atoms with Crippen molar-refractivity contribution in [3.63, 3.8) is 0 Å². The number of hydrogen-bond acceptors (Lipinski definition) is 4. The van der Waals surface area contributed by atoms with Gasteiger partial charge in [0, 0.05) is 11.3 Å². The average Bonchev–Trinajstić information content (AvgIpc) is 2.49. The molecule has 1 aliphatic heterocycles. The molecule has 0 saturated heterocycles. The van der Waals surface area contributed by atoms with Crippen molar-refractivity contribution in [1.82, 2.24) is 9.97 Å². The number of nitrogens with zero attached hydrogens (tertiary/aromatic N) is 2. The highest BCUT2D eigenvalue weighted by atomic mass is 35.5. The predicted octanol–water partition coefficient (Wildman–Crippen LogP) is 3.51. The quantitative estimate of drug-likeness (QED) is 0.794. The van der Waals surface area contributed by atoms with Crippen molar-refractivity contribution in [1.29, 1.82) is 0 Å². The van der Waals surface area contributed by atoms with E-state index in [0.29, 0.717) is 23.3 Å². The van der Waals surface area contributed by atoms with Crippen LogP contribution in [-0.4, -0.2) is 16.6 Å². The van der Waals surface area contributed by atoms with Gasteiger partial charge in [0.2, 0.25) is 0 Å². The third-order valence-electron chi connectivity index (χ3n) is 3.34. The maximum Gasteiger partial charge on any atom is 0.192 e. The van der Waals surface area contributed by atoms with Crippen LogP contribution < -0.4 is 9.47 Å². The molecule has 0 spiro atoms. The van der Waals surface area contributed by atoms with Crippen LogP contribution in [-0.2, 0) is 6.42 Å². The van der Waals surface area contributed by atoms with Crippen molar-refractivity contribution in [2.24, 2.45) is 0 Å². The maximum absolute atomic E-state index is 6.17. The van der Waals surface area contributed by atoms with E-state index in [2.05, 4.69) is 9.97 Å². The smallest absolute Gasteiger partial charge is 0.192 e. The number of rotatable bonds is 2.